The third kappa shape index (κ3) is 2.21. The predicted octanol–water partition coefficient (Wildman–Crippen LogP) is 1.78. The number of nitrogens with zero attached hydrogens (tertiary/aromatic N) is 2. The number of aliphatic hydroxyl groups excluding tert-OH is 1. The van der Waals surface area contributed by atoms with Gasteiger partial charge in [0.25, 0.3) is 10.0 Å². The van der Waals surface area contributed by atoms with Crippen LogP contribution in [-0.2, 0) is 10.0 Å². The number of aryl methyl sites for hydroxylation is 1. The molecule has 3 heterocycles. The van der Waals surface area contributed by atoms with Gasteiger partial charge >= 0.3 is 0 Å². The fraction of sp³-hybridized carbons (Fsp3) is 0.727. The highest BCUT2D eigenvalue weighted by Gasteiger charge is 2.47. The summed E-state index contributed by atoms with van der Waals surface area (Å²) < 4.78 is 27.6. The Kier molecular flexibility index (Phi) is 3.38. The number of aromatic nitrogens is 1. The molecule has 8 heteroatoms. The second-order valence-corrected chi connectivity index (χ2v) is 8.80. The van der Waals surface area contributed by atoms with Gasteiger partial charge in [0.2, 0.25) is 0 Å². The van der Waals surface area contributed by atoms with Crippen LogP contribution in [0.1, 0.15) is 31.4 Å². The lowest BCUT2D eigenvalue weighted by Crippen LogP contribution is -2.47. The van der Waals surface area contributed by atoms with Crippen LogP contribution in [0, 0.1) is 6.92 Å². The van der Waals surface area contributed by atoms with Crippen LogP contribution in [0.25, 0.3) is 0 Å². The van der Waals surface area contributed by atoms with Gasteiger partial charge in [0.1, 0.15) is 0 Å². The summed E-state index contributed by atoms with van der Waals surface area (Å²) in [5.41, 5.74) is 0.459. The molecule has 0 radical (unpaired) electrons. The molecule has 5 nitrogen and oxygen atoms in total. The summed E-state index contributed by atoms with van der Waals surface area (Å²) in [6.45, 7) is 1.66. The van der Waals surface area contributed by atoms with E-state index >= 15 is 0 Å². The fourth-order valence-electron chi connectivity index (χ4n) is 3.18. The van der Waals surface area contributed by atoms with Gasteiger partial charge < -0.3 is 5.11 Å². The fourth-order valence-corrected chi connectivity index (χ4v) is 6.90. The van der Waals surface area contributed by atoms with Crippen molar-refractivity contribution in [1.82, 2.24) is 9.29 Å². The van der Waals surface area contributed by atoms with Crippen molar-refractivity contribution in [3.05, 3.63) is 10.2 Å². The lowest BCUT2D eigenvalue weighted by Gasteiger charge is -2.35. The Morgan fingerprint density at radius 1 is 1.37 bits per heavy atom. The van der Waals surface area contributed by atoms with Crippen LogP contribution in [0.3, 0.4) is 0 Å². The van der Waals surface area contributed by atoms with Crippen molar-refractivity contribution < 1.29 is 13.5 Å². The third-order valence-corrected chi connectivity index (χ3v) is 7.73. The molecule has 0 spiro atoms. The minimum absolute atomic E-state index is 0.0842. The third-order valence-electron chi connectivity index (χ3n) is 3.88. The van der Waals surface area contributed by atoms with Gasteiger partial charge in [0.15, 0.2) is 8.68 Å². The lowest BCUT2D eigenvalue weighted by molar-refractivity contribution is 0.0769. The summed E-state index contributed by atoms with van der Waals surface area (Å²) in [6.07, 6.45) is 2.33. The minimum atomic E-state index is -3.54. The maximum atomic E-state index is 12.7. The van der Waals surface area contributed by atoms with E-state index < -0.39 is 10.0 Å². The number of halogens is 1. The molecular weight excluding hydrogens is 308 g/mol. The smallest absolute Gasteiger partial charge is 0.254 e. The molecule has 0 amide bonds. The van der Waals surface area contributed by atoms with E-state index in [0.717, 1.165) is 24.2 Å². The maximum absolute atomic E-state index is 12.7. The normalized spacial score (nSPS) is 31.8. The van der Waals surface area contributed by atoms with Crippen molar-refractivity contribution in [2.24, 2.45) is 0 Å². The molecule has 1 aromatic rings. The molecule has 2 fully saturated rings. The number of piperidine rings is 1. The first-order valence-corrected chi connectivity index (χ1v) is 8.87. The van der Waals surface area contributed by atoms with Crippen LogP contribution < -0.4 is 0 Å². The van der Waals surface area contributed by atoms with Crippen LogP contribution in [-0.4, -0.2) is 41.0 Å². The number of rotatable bonds is 2. The molecule has 19 heavy (non-hydrogen) atoms. The zero-order chi connectivity index (χ0) is 13.8. The first-order valence-electron chi connectivity index (χ1n) is 6.24. The van der Waals surface area contributed by atoms with Crippen LogP contribution in [0.4, 0.5) is 0 Å². The van der Waals surface area contributed by atoms with Gasteiger partial charge in [-0.2, -0.15) is 4.31 Å². The van der Waals surface area contributed by atoms with Crippen LogP contribution >= 0.6 is 22.9 Å². The summed E-state index contributed by atoms with van der Waals surface area (Å²) in [5.74, 6) is 0. The van der Waals surface area contributed by atoms with Gasteiger partial charge in [0.05, 0.1) is 11.8 Å². The number of aliphatic hydroxyl groups is 1. The Bertz CT molecular complexity index is 587. The van der Waals surface area contributed by atoms with E-state index in [1.54, 1.807) is 11.2 Å². The molecule has 3 rings (SSSR count). The number of hydrogen-bond donors (Lipinski definition) is 1. The molecule has 0 saturated carbocycles. The molecule has 2 bridgehead atoms. The molecule has 1 N–H and O–H groups in total. The SMILES string of the molecule is Cc1nc(Cl)sc1S(=O)(=O)N1C2CCC1CC(O)C2. The zero-order valence-corrected chi connectivity index (χ0v) is 12.8. The highest BCUT2D eigenvalue weighted by Crippen LogP contribution is 2.41. The van der Waals surface area contributed by atoms with Crippen molar-refractivity contribution in [2.75, 3.05) is 0 Å². The molecule has 0 aromatic carbocycles. The lowest BCUT2D eigenvalue weighted by atomic mass is 10.0. The van der Waals surface area contributed by atoms with Gasteiger partial charge in [-0.3, -0.25) is 0 Å². The Morgan fingerprint density at radius 3 is 2.42 bits per heavy atom. The Balaban J connectivity index is 2.00. The molecule has 2 saturated heterocycles. The van der Waals surface area contributed by atoms with Gasteiger partial charge in [-0.1, -0.05) is 22.9 Å². The van der Waals surface area contributed by atoms with E-state index in [-0.39, 0.29) is 26.9 Å². The highest BCUT2D eigenvalue weighted by atomic mass is 35.5. The first-order chi connectivity index (χ1) is 8.89. The Labute approximate surface area is 121 Å². The summed E-state index contributed by atoms with van der Waals surface area (Å²) in [4.78, 5) is 3.99. The van der Waals surface area contributed by atoms with Crippen LogP contribution in [0.15, 0.2) is 4.21 Å². The molecule has 0 aliphatic carbocycles. The van der Waals surface area contributed by atoms with Crippen LogP contribution in [0.2, 0.25) is 4.47 Å². The predicted molar refractivity (Wildman–Crippen MR) is 72.9 cm³/mol. The molecule has 106 valence electrons. The van der Waals surface area contributed by atoms with Crippen molar-refractivity contribution in [3.8, 4) is 0 Å². The van der Waals surface area contributed by atoms with Gasteiger partial charge in [-0.05, 0) is 32.6 Å². The number of fused-ring (bicyclic) bond motifs is 2. The van der Waals surface area contributed by atoms with Gasteiger partial charge in [-0.15, -0.1) is 0 Å². The Morgan fingerprint density at radius 2 is 1.95 bits per heavy atom. The monoisotopic (exact) mass is 322 g/mol. The molecule has 2 atom stereocenters. The average molecular weight is 323 g/mol. The summed E-state index contributed by atoms with van der Waals surface area (Å²) in [5, 5.41) is 9.75. The molecule has 2 unspecified atom stereocenters. The van der Waals surface area contributed by atoms with Crippen molar-refractivity contribution >= 4 is 33.0 Å². The van der Waals surface area contributed by atoms with E-state index in [0.29, 0.717) is 18.5 Å². The van der Waals surface area contributed by atoms with Gasteiger partial charge in [-0.25, -0.2) is 13.4 Å². The minimum Gasteiger partial charge on any atom is -0.393 e. The van der Waals surface area contributed by atoms with E-state index in [4.69, 9.17) is 11.6 Å². The van der Waals surface area contributed by atoms with E-state index in [1.807, 2.05) is 0 Å². The summed E-state index contributed by atoms with van der Waals surface area (Å²) in [7, 11) is -3.54. The average Bonchev–Trinajstić information content (AvgIpc) is 2.78. The summed E-state index contributed by atoms with van der Waals surface area (Å²) >= 11 is 6.82. The number of sulfonamides is 1. The van der Waals surface area contributed by atoms with Crippen molar-refractivity contribution in [3.63, 3.8) is 0 Å². The molecule has 2 aliphatic rings. The molecule has 1 aromatic heterocycles. The molecule has 2 aliphatic heterocycles. The molecular formula is C11H15ClN2O3S2. The van der Waals surface area contributed by atoms with Gasteiger partial charge in [0, 0.05) is 12.1 Å². The largest absolute Gasteiger partial charge is 0.393 e. The Hall–Kier alpha value is -0.210. The topological polar surface area (TPSA) is 70.5 Å². The standard InChI is InChI=1S/C11H15ClN2O3S2/c1-6-10(18-11(12)13-6)19(16,17)14-7-2-3-8(14)5-9(15)4-7/h7-9,15H,2-5H2,1H3. The second kappa shape index (κ2) is 4.66. The highest BCUT2D eigenvalue weighted by molar-refractivity contribution is 7.91. The number of hydrogen-bond acceptors (Lipinski definition) is 5. The number of thiazole rings is 1. The quantitative estimate of drug-likeness (QED) is 0.901. The van der Waals surface area contributed by atoms with E-state index in [9.17, 15) is 13.5 Å². The van der Waals surface area contributed by atoms with Crippen molar-refractivity contribution in [1.29, 1.82) is 0 Å². The maximum Gasteiger partial charge on any atom is 0.254 e. The second-order valence-electron chi connectivity index (χ2n) is 5.18. The van der Waals surface area contributed by atoms with E-state index in [2.05, 4.69) is 4.98 Å². The van der Waals surface area contributed by atoms with E-state index in [1.165, 1.54) is 0 Å². The first kappa shape index (κ1) is 13.8. The zero-order valence-electron chi connectivity index (χ0n) is 10.4. The van der Waals surface area contributed by atoms with Crippen molar-refractivity contribution in [2.45, 2.75) is 55.0 Å². The summed E-state index contributed by atoms with van der Waals surface area (Å²) in [6, 6.07) is -0.168. The van der Waals surface area contributed by atoms with Crippen LogP contribution in [0.5, 0.6) is 0 Å².